The van der Waals surface area contributed by atoms with Crippen LogP contribution in [-0.2, 0) is 4.65 Å². The molecule has 0 aromatic heterocycles. The van der Waals surface area contributed by atoms with E-state index in [1.807, 2.05) is 50.2 Å². The first-order valence-corrected chi connectivity index (χ1v) is 9.58. The summed E-state index contributed by atoms with van der Waals surface area (Å²) in [4.78, 5) is 11.1. The number of aliphatic hydroxyl groups is 1. The van der Waals surface area contributed by atoms with Crippen LogP contribution < -0.4 is 5.46 Å². The molecule has 0 aliphatic rings. The molecule has 5 nitrogen and oxygen atoms in total. The fourth-order valence-corrected chi connectivity index (χ4v) is 3.08. The summed E-state index contributed by atoms with van der Waals surface area (Å²) in [6.07, 6.45) is 0. The normalized spacial score (nSPS) is 12.2. The van der Waals surface area contributed by atoms with Crippen molar-refractivity contribution < 1.29 is 14.7 Å². The molecule has 3 aromatic carbocycles. The maximum Gasteiger partial charge on any atom is 0.331 e. The van der Waals surface area contributed by atoms with Gasteiger partial charge in [-0.3, -0.25) is 10.1 Å². The van der Waals surface area contributed by atoms with Crippen LogP contribution in [0.1, 0.15) is 27.7 Å². The second-order valence-corrected chi connectivity index (χ2v) is 8.41. The zero-order chi connectivity index (χ0) is 21.4. The molecule has 0 saturated carbocycles. The third-order valence-corrected chi connectivity index (χ3v) is 5.59. The highest BCUT2D eigenvalue weighted by atomic mass is 35.5. The van der Waals surface area contributed by atoms with Gasteiger partial charge in [0.05, 0.1) is 21.7 Å². The van der Waals surface area contributed by atoms with E-state index in [0.717, 1.165) is 21.8 Å². The molecule has 29 heavy (non-hydrogen) atoms. The Morgan fingerprint density at radius 3 is 2.31 bits per heavy atom. The van der Waals surface area contributed by atoms with Gasteiger partial charge < -0.3 is 9.76 Å². The van der Waals surface area contributed by atoms with Crippen LogP contribution in [0.25, 0.3) is 21.9 Å². The number of fused-ring (bicyclic) bond motifs is 1. The number of benzene rings is 3. The van der Waals surface area contributed by atoms with Gasteiger partial charge in [0.1, 0.15) is 0 Å². The second-order valence-electron chi connectivity index (χ2n) is 7.97. The van der Waals surface area contributed by atoms with E-state index in [2.05, 4.69) is 0 Å². The van der Waals surface area contributed by atoms with Gasteiger partial charge in [-0.25, -0.2) is 0 Å². The zero-order valence-electron chi connectivity index (χ0n) is 16.8. The summed E-state index contributed by atoms with van der Waals surface area (Å²) in [5.74, 6) is 0. The Labute approximate surface area is 175 Å². The van der Waals surface area contributed by atoms with E-state index in [9.17, 15) is 15.2 Å². The molecule has 1 N–H and O–H groups in total. The Morgan fingerprint density at radius 1 is 1.00 bits per heavy atom. The topological polar surface area (TPSA) is 72.6 Å². The zero-order valence-corrected chi connectivity index (χ0v) is 17.5. The first-order valence-electron chi connectivity index (χ1n) is 9.21. The largest absolute Gasteiger partial charge is 0.427 e. The van der Waals surface area contributed by atoms with Gasteiger partial charge in [-0.1, -0.05) is 48.0 Å². The Bertz CT molecular complexity index is 1080. The van der Waals surface area contributed by atoms with Crippen molar-refractivity contribution in [1.82, 2.24) is 0 Å². The molecule has 149 valence electrons. The molecule has 0 spiro atoms. The van der Waals surface area contributed by atoms with E-state index < -0.39 is 16.1 Å². The van der Waals surface area contributed by atoms with Crippen LogP contribution >= 0.6 is 11.6 Å². The summed E-state index contributed by atoms with van der Waals surface area (Å²) in [6.45, 7) is 7.03. The van der Waals surface area contributed by atoms with Crippen molar-refractivity contribution >= 4 is 41.0 Å². The summed E-state index contributed by atoms with van der Waals surface area (Å²) in [6, 6.07) is 16.0. The molecule has 7 heteroatoms. The van der Waals surface area contributed by atoms with Gasteiger partial charge in [-0.05, 0) is 61.6 Å². The summed E-state index contributed by atoms with van der Waals surface area (Å²) in [7, 11) is 1.63. The summed E-state index contributed by atoms with van der Waals surface area (Å²) in [5.41, 5.74) is 0.171. The van der Waals surface area contributed by atoms with E-state index in [-0.39, 0.29) is 5.69 Å². The third-order valence-electron chi connectivity index (χ3n) is 5.36. The third kappa shape index (κ3) is 4.30. The van der Waals surface area contributed by atoms with Gasteiger partial charge in [0.15, 0.2) is 0 Å². The molecule has 1 radical (unpaired) electrons. The fraction of sp³-hybridized carbons (Fsp3) is 0.273. The molecule has 0 fully saturated rings. The number of nitro groups is 1. The van der Waals surface area contributed by atoms with Crippen molar-refractivity contribution in [3.8, 4) is 11.1 Å². The molecular formula is C22H22BClNO4. The van der Waals surface area contributed by atoms with E-state index in [4.69, 9.17) is 16.3 Å². The molecule has 0 saturated heterocycles. The van der Waals surface area contributed by atoms with Gasteiger partial charge in [-0.15, -0.1) is 0 Å². The Morgan fingerprint density at radius 2 is 1.66 bits per heavy atom. The fourth-order valence-electron chi connectivity index (χ4n) is 2.91. The number of nitrogens with zero attached hydrogens (tertiary/aromatic N) is 1. The first kappa shape index (κ1) is 21.3. The second kappa shape index (κ2) is 7.79. The maximum atomic E-state index is 11.6. The predicted octanol–water partition coefficient (Wildman–Crippen LogP) is 4.88. The van der Waals surface area contributed by atoms with Crippen molar-refractivity contribution in [1.29, 1.82) is 0 Å². The van der Waals surface area contributed by atoms with Crippen molar-refractivity contribution in [2.75, 3.05) is 0 Å². The van der Waals surface area contributed by atoms with E-state index in [1.54, 1.807) is 33.5 Å². The summed E-state index contributed by atoms with van der Waals surface area (Å²) >= 11 is 5.97. The minimum absolute atomic E-state index is 0.0428. The number of rotatable bonds is 6. The smallest absolute Gasteiger partial charge is 0.331 e. The molecule has 0 bridgehead atoms. The van der Waals surface area contributed by atoms with E-state index in [0.29, 0.717) is 10.6 Å². The SMILES string of the molecule is CC(C)(O)C(C)(C)O[B]c1cccc2c(-c3ccc(Cl)cc3[N+](=O)[O-])cccc12. The number of hydrogen-bond donors (Lipinski definition) is 1. The lowest BCUT2D eigenvalue weighted by Crippen LogP contribution is -2.49. The molecule has 0 unspecified atom stereocenters. The van der Waals surface area contributed by atoms with Crippen molar-refractivity contribution in [3.63, 3.8) is 0 Å². The summed E-state index contributed by atoms with van der Waals surface area (Å²) < 4.78 is 5.91. The predicted molar refractivity (Wildman–Crippen MR) is 118 cm³/mol. The lowest BCUT2D eigenvalue weighted by atomic mass is 9.79. The molecule has 3 rings (SSSR count). The Hall–Kier alpha value is -2.41. The molecule has 0 atom stereocenters. The van der Waals surface area contributed by atoms with Gasteiger partial charge in [0.25, 0.3) is 5.69 Å². The minimum Gasteiger partial charge on any atom is -0.427 e. The van der Waals surface area contributed by atoms with Gasteiger partial charge >= 0.3 is 7.48 Å². The molecule has 0 heterocycles. The molecule has 0 aliphatic heterocycles. The molecular weight excluding hydrogens is 389 g/mol. The van der Waals surface area contributed by atoms with Gasteiger partial charge in [0, 0.05) is 11.1 Å². The quantitative estimate of drug-likeness (QED) is 0.357. The van der Waals surface area contributed by atoms with Crippen LogP contribution in [0.15, 0.2) is 54.6 Å². The van der Waals surface area contributed by atoms with Gasteiger partial charge in [-0.2, -0.15) is 0 Å². The van der Waals surface area contributed by atoms with Gasteiger partial charge in [0.2, 0.25) is 0 Å². The van der Waals surface area contributed by atoms with Crippen LogP contribution in [-0.4, -0.2) is 28.7 Å². The van der Waals surface area contributed by atoms with E-state index in [1.165, 1.54) is 6.07 Å². The van der Waals surface area contributed by atoms with Crippen LogP contribution in [0.3, 0.4) is 0 Å². The minimum atomic E-state index is -1.04. The lowest BCUT2D eigenvalue weighted by molar-refractivity contribution is -0.384. The van der Waals surface area contributed by atoms with E-state index >= 15 is 0 Å². The Balaban J connectivity index is 2.09. The van der Waals surface area contributed by atoms with Crippen LogP contribution in [0.5, 0.6) is 0 Å². The molecule has 0 amide bonds. The molecule has 3 aromatic rings. The van der Waals surface area contributed by atoms with Crippen molar-refractivity contribution in [2.24, 2.45) is 0 Å². The average Bonchev–Trinajstić information content (AvgIpc) is 2.65. The Kier molecular flexibility index (Phi) is 5.72. The first-order chi connectivity index (χ1) is 13.5. The van der Waals surface area contributed by atoms with Crippen molar-refractivity contribution in [3.05, 3.63) is 69.7 Å². The standard InChI is InChI=1S/C22H22BClNO4/c1-21(2,26)22(3,4)29-23-19-10-6-8-15-16(7-5-9-17(15)19)18-12-11-14(24)13-20(18)25(27)28/h5-13,26H,1-4H3. The van der Waals surface area contributed by atoms with Crippen LogP contribution in [0.2, 0.25) is 5.02 Å². The number of halogens is 1. The van der Waals surface area contributed by atoms with Crippen LogP contribution in [0, 0.1) is 10.1 Å². The van der Waals surface area contributed by atoms with Crippen LogP contribution in [0.4, 0.5) is 5.69 Å². The monoisotopic (exact) mass is 410 g/mol. The highest BCUT2D eigenvalue weighted by molar-refractivity contribution is 6.51. The summed E-state index contributed by atoms with van der Waals surface area (Å²) in [5, 5.41) is 23.9. The lowest BCUT2D eigenvalue weighted by Gasteiger charge is -2.37. The van der Waals surface area contributed by atoms with Crippen molar-refractivity contribution in [2.45, 2.75) is 38.9 Å². The average molecular weight is 411 g/mol. The highest BCUT2D eigenvalue weighted by Crippen LogP contribution is 2.36. The highest BCUT2D eigenvalue weighted by Gasteiger charge is 2.35. The number of nitro benzene ring substituents is 1. The molecule has 0 aliphatic carbocycles. The number of hydrogen-bond acceptors (Lipinski definition) is 4. The maximum absolute atomic E-state index is 11.6.